The summed E-state index contributed by atoms with van der Waals surface area (Å²) in [6.07, 6.45) is 9.24. The third-order valence-electron chi connectivity index (χ3n) is 5.85. The first-order valence-electron chi connectivity index (χ1n) is 10.4. The Morgan fingerprint density at radius 2 is 1.93 bits per heavy atom. The molecule has 0 bridgehead atoms. The Labute approximate surface area is 171 Å². The number of rotatable bonds is 6. The number of aromatic nitrogens is 1. The summed E-state index contributed by atoms with van der Waals surface area (Å²) in [6, 6.07) is 3.46. The lowest BCUT2D eigenvalue weighted by molar-refractivity contribution is -0.646. The Balaban J connectivity index is 1.57. The fourth-order valence-corrected chi connectivity index (χ4v) is 5.65. The summed E-state index contributed by atoms with van der Waals surface area (Å²) in [6.45, 7) is -0.206. The Kier molecular flexibility index (Phi) is 7.23. The van der Waals surface area contributed by atoms with Gasteiger partial charge in [-0.1, -0.05) is 32.1 Å². The van der Waals surface area contributed by atoms with Gasteiger partial charge in [-0.2, -0.15) is 9.04 Å². The standard InChI is InChI=1S/C20H29N3O5S/c24-18-15-22(29(27,28)20-10-4-5-14-23(20)26)13-6-9-17(18)21-19(25)12-11-16-7-2-1-3-8-16/h4-5,10,14,16-17H,1-3,6-9,11-13,15H2,(H,21,25)/t17-/m0/s1. The fourth-order valence-electron chi connectivity index (χ4n) is 4.18. The van der Waals surface area contributed by atoms with E-state index >= 15 is 0 Å². The molecule has 0 aromatic carbocycles. The lowest BCUT2D eigenvalue weighted by atomic mass is 9.86. The Morgan fingerprint density at radius 1 is 1.17 bits per heavy atom. The quantitative estimate of drug-likeness (QED) is 0.551. The number of ketones is 1. The van der Waals surface area contributed by atoms with Gasteiger partial charge in [-0.05, 0) is 31.2 Å². The van der Waals surface area contributed by atoms with Gasteiger partial charge in [0.15, 0.2) is 12.0 Å². The molecule has 2 fully saturated rings. The molecule has 2 aliphatic rings. The van der Waals surface area contributed by atoms with E-state index in [-0.39, 0.29) is 29.5 Å². The third-order valence-corrected chi connectivity index (χ3v) is 7.69. The van der Waals surface area contributed by atoms with Crippen molar-refractivity contribution in [2.75, 3.05) is 13.1 Å². The highest BCUT2D eigenvalue weighted by molar-refractivity contribution is 7.89. The van der Waals surface area contributed by atoms with Crippen LogP contribution in [-0.2, 0) is 19.6 Å². The zero-order valence-corrected chi connectivity index (χ0v) is 17.4. The molecule has 0 unspecified atom stereocenters. The van der Waals surface area contributed by atoms with Crippen LogP contribution in [0.25, 0.3) is 0 Å². The summed E-state index contributed by atoms with van der Waals surface area (Å²) in [4.78, 5) is 24.9. The van der Waals surface area contributed by atoms with Crippen molar-refractivity contribution >= 4 is 21.7 Å². The van der Waals surface area contributed by atoms with Gasteiger partial charge in [0, 0.05) is 25.1 Å². The number of amides is 1. The van der Waals surface area contributed by atoms with Crippen molar-refractivity contribution in [1.82, 2.24) is 9.62 Å². The van der Waals surface area contributed by atoms with Crippen LogP contribution >= 0.6 is 0 Å². The molecule has 9 heteroatoms. The van der Waals surface area contributed by atoms with E-state index in [2.05, 4.69) is 5.32 Å². The first-order chi connectivity index (χ1) is 13.9. The molecule has 1 N–H and O–H groups in total. The number of Topliss-reactive ketones (excluding diaryl/α,β-unsaturated/α-hetero) is 1. The second-order valence-corrected chi connectivity index (χ2v) is 9.86. The summed E-state index contributed by atoms with van der Waals surface area (Å²) in [5.41, 5.74) is 0. The van der Waals surface area contributed by atoms with Crippen LogP contribution in [0.2, 0.25) is 0 Å². The van der Waals surface area contributed by atoms with Gasteiger partial charge in [-0.25, -0.2) is 8.42 Å². The number of pyridine rings is 1. The number of carbonyl (C=O) groups is 2. The molecule has 1 aliphatic carbocycles. The highest BCUT2D eigenvalue weighted by Gasteiger charge is 2.36. The molecule has 1 aromatic heterocycles. The summed E-state index contributed by atoms with van der Waals surface area (Å²) in [5, 5.41) is 14.3. The van der Waals surface area contributed by atoms with E-state index in [1.165, 1.54) is 50.3 Å². The third kappa shape index (κ3) is 5.54. The number of nitrogens with zero attached hydrogens (tertiary/aromatic N) is 2. The zero-order valence-electron chi connectivity index (χ0n) is 16.6. The Hall–Kier alpha value is -2.00. The molecule has 1 amide bonds. The Morgan fingerprint density at radius 3 is 2.66 bits per heavy atom. The molecule has 8 nitrogen and oxygen atoms in total. The maximum absolute atomic E-state index is 12.8. The maximum Gasteiger partial charge on any atom is 0.323 e. The molecule has 1 atom stereocenters. The number of sulfonamides is 1. The van der Waals surface area contributed by atoms with Gasteiger partial charge in [0.05, 0.1) is 12.6 Å². The average Bonchev–Trinajstić information content (AvgIpc) is 2.89. The minimum Gasteiger partial charge on any atom is -0.618 e. The number of nitrogens with one attached hydrogen (secondary N) is 1. The van der Waals surface area contributed by atoms with Crippen LogP contribution in [0.15, 0.2) is 29.4 Å². The lowest BCUT2D eigenvalue weighted by Gasteiger charge is -2.22. The smallest absolute Gasteiger partial charge is 0.323 e. The second-order valence-electron chi connectivity index (χ2n) is 7.97. The van der Waals surface area contributed by atoms with Gasteiger partial charge in [0.25, 0.3) is 0 Å². The topological polar surface area (TPSA) is 110 Å². The number of carbonyl (C=O) groups excluding carboxylic acids is 2. The molecule has 1 saturated heterocycles. The summed E-state index contributed by atoms with van der Waals surface area (Å²) in [5.74, 6) is 0.0980. The minimum absolute atomic E-state index is 0.136. The van der Waals surface area contributed by atoms with E-state index in [1.54, 1.807) is 0 Å². The summed E-state index contributed by atoms with van der Waals surface area (Å²) >= 11 is 0. The minimum atomic E-state index is -4.08. The average molecular weight is 424 g/mol. The van der Waals surface area contributed by atoms with Crippen molar-refractivity contribution in [2.24, 2.45) is 5.92 Å². The van der Waals surface area contributed by atoms with Crippen LogP contribution in [0.3, 0.4) is 0 Å². The van der Waals surface area contributed by atoms with Crippen LogP contribution in [0.1, 0.15) is 57.8 Å². The van der Waals surface area contributed by atoms with Crippen LogP contribution in [-0.4, -0.2) is 43.5 Å². The lowest BCUT2D eigenvalue weighted by Crippen LogP contribution is -2.46. The second kappa shape index (κ2) is 9.67. The molecule has 160 valence electrons. The number of hydrogen-bond acceptors (Lipinski definition) is 5. The van der Waals surface area contributed by atoms with Crippen molar-refractivity contribution in [3.63, 3.8) is 0 Å². The molecule has 29 heavy (non-hydrogen) atoms. The SMILES string of the molecule is O=C(CCC1CCCCC1)N[C@H]1CCCN(S(=O)(=O)c2cccc[n+]2[O-])CC1=O. The molecule has 0 spiro atoms. The van der Waals surface area contributed by atoms with E-state index in [1.807, 2.05) is 0 Å². The van der Waals surface area contributed by atoms with Gasteiger partial charge in [-0.15, -0.1) is 0 Å². The van der Waals surface area contributed by atoms with Crippen LogP contribution in [0.5, 0.6) is 0 Å². The van der Waals surface area contributed by atoms with E-state index in [0.29, 0.717) is 25.2 Å². The van der Waals surface area contributed by atoms with E-state index < -0.39 is 21.1 Å². The highest BCUT2D eigenvalue weighted by atomic mass is 32.2. The van der Waals surface area contributed by atoms with Gasteiger partial charge < -0.3 is 10.5 Å². The highest BCUT2D eigenvalue weighted by Crippen LogP contribution is 2.27. The molecule has 3 rings (SSSR count). The van der Waals surface area contributed by atoms with Gasteiger partial charge in [-0.3, -0.25) is 9.59 Å². The van der Waals surface area contributed by atoms with Crippen LogP contribution < -0.4 is 10.0 Å². The molecule has 1 saturated carbocycles. The predicted octanol–water partition coefficient (Wildman–Crippen LogP) is 1.52. The monoisotopic (exact) mass is 423 g/mol. The predicted molar refractivity (Wildman–Crippen MR) is 106 cm³/mol. The van der Waals surface area contributed by atoms with Gasteiger partial charge in [0.2, 0.25) is 5.91 Å². The first kappa shape index (κ1) is 21.7. The molecule has 0 radical (unpaired) electrons. The van der Waals surface area contributed by atoms with Crippen molar-refractivity contribution < 1.29 is 22.7 Å². The van der Waals surface area contributed by atoms with Crippen LogP contribution in [0.4, 0.5) is 0 Å². The van der Waals surface area contributed by atoms with Crippen molar-refractivity contribution in [1.29, 1.82) is 0 Å². The van der Waals surface area contributed by atoms with Crippen molar-refractivity contribution in [3.8, 4) is 0 Å². The first-order valence-corrected chi connectivity index (χ1v) is 11.8. The Bertz CT molecular complexity index is 836. The van der Waals surface area contributed by atoms with E-state index in [9.17, 15) is 23.2 Å². The zero-order chi connectivity index (χ0) is 20.9. The van der Waals surface area contributed by atoms with Crippen LogP contribution in [0, 0.1) is 11.1 Å². The molecule has 1 aliphatic heterocycles. The fraction of sp³-hybridized carbons (Fsp3) is 0.650. The maximum atomic E-state index is 12.8. The molecular weight excluding hydrogens is 394 g/mol. The largest absolute Gasteiger partial charge is 0.618 e. The van der Waals surface area contributed by atoms with Gasteiger partial charge in [0.1, 0.15) is 0 Å². The summed E-state index contributed by atoms with van der Waals surface area (Å²) in [7, 11) is -4.08. The molecular formula is C20H29N3O5S. The summed E-state index contributed by atoms with van der Waals surface area (Å²) < 4.78 is 26.9. The number of hydrogen-bond donors (Lipinski definition) is 1. The van der Waals surface area contributed by atoms with E-state index in [0.717, 1.165) is 16.9 Å². The van der Waals surface area contributed by atoms with Gasteiger partial charge >= 0.3 is 15.0 Å². The van der Waals surface area contributed by atoms with Crippen molar-refractivity contribution in [3.05, 3.63) is 29.6 Å². The van der Waals surface area contributed by atoms with Crippen molar-refractivity contribution in [2.45, 2.75) is 68.9 Å². The van der Waals surface area contributed by atoms with E-state index in [4.69, 9.17) is 0 Å². The molecule has 2 heterocycles. The normalized spacial score (nSPS) is 22.2. The molecule has 1 aromatic rings.